The molecule has 1 aliphatic heterocycles. The Labute approximate surface area is 168 Å². The number of amides is 1. The van der Waals surface area contributed by atoms with Crippen molar-refractivity contribution in [3.05, 3.63) is 68.4 Å². The van der Waals surface area contributed by atoms with Gasteiger partial charge in [-0.2, -0.15) is 4.31 Å². The average molecular weight is 472 g/mol. The number of nitrogens with zero attached hydrogens (tertiary/aromatic N) is 3. The lowest BCUT2D eigenvalue weighted by Gasteiger charge is -2.34. The van der Waals surface area contributed by atoms with Crippen LogP contribution in [0.3, 0.4) is 0 Å². The van der Waals surface area contributed by atoms with E-state index in [1.54, 1.807) is 0 Å². The molecule has 8 nitrogen and oxygen atoms in total. The number of sulfonamides is 1. The number of benzene rings is 2. The van der Waals surface area contributed by atoms with Crippen molar-refractivity contribution in [3.8, 4) is 0 Å². The van der Waals surface area contributed by atoms with E-state index in [0.717, 1.165) is 12.1 Å². The summed E-state index contributed by atoms with van der Waals surface area (Å²) < 4.78 is 39.8. The van der Waals surface area contributed by atoms with Gasteiger partial charge in [-0.15, -0.1) is 0 Å². The van der Waals surface area contributed by atoms with Crippen molar-refractivity contribution in [1.29, 1.82) is 0 Å². The number of hydrogen-bond donors (Lipinski definition) is 0. The first kappa shape index (κ1) is 20.4. The molecular weight excluding hydrogens is 457 g/mol. The van der Waals surface area contributed by atoms with E-state index in [-0.39, 0.29) is 46.8 Å². The van der Waals surface area contributed by atoms with Gasteiger partial charge in [0.2, 0.25) is 10.0 Å². The molecule has 1 fully saturated rings. The minimum absolute atomic E-state index is 0.0165. The Morgan fingerprint density at radius 3 is 2.25 bits per heavy atom. The van der Waals surface area contributed by atoms with Gasteiger partial charge in [0.1, 0.15) is 5.82 Å². The number of carbonyl (C=O) groups excluding carboxylic acids is 1. The summed E-state index contributed by atoms with van der Waals surface area (Å²) in [5.41, 5.74) is -0.0619. The van der Waals surface area contributed by atoms with Crippen molar-refractivity contribution in [2.45, 2.75) is 4.90 Å². The standard InChI is InChI=1S/C17H15BrFN3O5S/c18-15-6-1-12(11-16(15)22(24)25)17(23)20-7-9-21(10-8-20)28(26,27)14-4-2-13(19)3-5-14/h1-6,11H,7-10H2. The molecule has 0 atom stereocenters. The normalized spacial score (nSPS) is 15.4. The van der Waals surface area contributed by atoms with Crippen molar-refractivity contribution in [3.63, 3.8) is 0 Å². The fourth-order valence-electron chi connectivity index (χ4n) is 2.86. The van der Waals surface area contributed by atoms with Crippen molar-refractivity contribution < 1.29 is 22.5 Å². The Balaban J connectivity index is 1.71. The molecule has 0 N–H and O–H groups in total. The molecule has 0 saturated carbocycles. The lowest BCUT2D eigenvalue weighted by atomic mass is 10.1. The van der Waals surface area contributed by atoms with Gasteiger partial charge < -0.3 is 4.90 Å². The largest absolute Gasteiger partial charge is 0.336 e. The van der Waals surface area contributed by atoms with Crippen molar-refractivity contribution in [2.75, 3.05) is 26.2 Å². The molecule has 1 heterocycles. The van der Waals surface area contributed by atoms with Crippen LogP contribution >= 0.6 is 15.9 Å². The zero-order valence-electron chi connectivity index (χ0n) is 14.4. The predicted molar refractivity (Wildman–Crippen MR) is 102 cm³/mol. The maximum Gasteiger partial charge on any atom is 0.284 e. The van der Waals surface area contributed by atoms with Crippen molar-refractivity contribution in [2.24, 2.45) is 0 Å². The maximum absolute atomic E-state index is 13.0. The van der Waals surface area contributed by atoms with E-state index in [0.29, 0.717) is 0 Å². The van der Waals surface area contributed by atoms with Crippen molar-refractivity contribution >= 4 is 37.5 Å². The van der Waals surface area contributed by atoms with Crippen LogP contribution in [-0.2, 0) is 10.0 Å². The van der Waals surface area contributed by atoms with Gasteiger partial charge in [0.25, 0.3) is 11.6 Å². The van der Waals surface area contributed by atoms with Crippen LogP contribution in [0.1, 0.15) is 10.4 Å². The molecule has 0 aliphatic carbocycles. The summed E-state index contributed by atoms with van der Waals surface area (Å²) >= 11 is 3.07. The van der Waals surface area contributed by atoms with Crippen LogP contribution in [0.25, 0.3) is 0 Å². The van der Waals surface area contributed by atoms with Gasteiger partial charge in [-0.05, 0) is 52.3 Å². The van der Waals surface area contributed by atoms with Crippen LogP contribution in [0.5, 0.6) is 0 Å². The number of halogens is 2. The van der Waals surface area contributed by atoms with Gasteiger partial charge >= 0.3 is 0 Å². The number of piperazine rings is 1. The number of carbonyl (C=O) groups is 1. The Kier molecular flexibility index (Phi) is 5.77. The molecule has 0 radical (unpaired) electrons. The summed E-state index contributed by atoms with van der Waals surface area (Å²) in [4.78, 5) is 24.5. The van der Waals surface area contributed by atoms with E-state index in [1.807, 2.05) is 0 Å². The van der Waals surface area contributed by atoms with Crippen LogP contribution in [0.15, 0.2) is 51.8 Å². The molecule has 1 amide bonds. The molecule has 0 aromatic heterocycles. The minimum atomic E-state index is -3.78. The highest BCUT2D eigenvalue weighted by Crippen LogP contribution is 2.26. The highest BCUT2D eigenvalue weighted by molar-refractivity contribution is 9.10. The second-order valence-electron chi connectivity index (χ2n) is 6.07. The third kappa shape index (κ3) is 4.05. The fraction of sp³-hybridized carbons (Fsp3) is 0.235. The van der Waals surface area contributed by atoms with E-state index in [2.05, 4.69) is 15.9 Å². The molecule has 1 aliphatic rings. The molecule has 3 rings (SSSR count). The molecule has 11 heteroatoms. The SMILES string of the molecule is O=C(c1ccc(Br)c([N+](=O)[O-])c1)N1CCN(S(=O)(=O)c2ccc(F)cc2)CC1. The van der Waals surface area contributed by atoms with E-state index >= 15 is 0 Å². The first-order chi connectivity index (χ1) is 13.2. The van der Waals surface area contributed by atoms with Crippen LogP contribution in [0, 0.1) is 15.9 Å². The van der Waals surface area contributed by atoms with E-state index in [1.165, 1.54) is 39.5 Å². The first-order valence-corrected chi connectivity index (χ1v) is 10.4. The Bertz CT molecular complexity index is 1020. The van der Waals surface area contributed by atoms with Gasteiger partial charge in [0.15, 0.2) is 0 Å². The Morgan fingerprint density at radius 1 is 1.07 bits per heavy atom. The Hall–Kier alpha value is -2.37. The van der Waals surface area contributed by atoms with E-state index in [4.69, 9.17) is 0 Å². The molecule has 2 aromatic rings. The van der Waals surface area contributed by atoms with Gasteiger partial charge in [-0.1, -0.05) is 0 Å². The molecule has 0 bridgehead atoms. The van der Waals surface area contributed by atoms with Gasteiger partial charge in [-0.25, -0.2) is 12.8 Å². The second-order valence-corrected chi connectivity index (χ2v) is 8.87. The monoisotopic (exact) mass is 471 g/mol. The molecule has 1 saturated heterocycles. The van der Waals surface area contributed by atoms with Gasteiger partial charge in [0, 0.05) is 37.8 Å². The summed E-state index contributed by atoms with van der Waals surface area (Å²) in [6, 6.07) is 8.64. The lowest BCUT2D eigenvalue weighted by molar-refractivity contribution is -0.385. The molecule has 28 heavy (non-hydrogen) atoms. The van der Waals surface area contributed by atoms with Crippen LogP contribution in [0.4, 0.5) is 10.1 Å². The first-order valence-electron chi connectivity index (χ1n) is 8.19. The molecule has 0 spiro atoms. The average Bonchev–Trinajstić information content (AvgIpc) is 2.68. The number of hydrogen-bond acceptors (Lipinski definition) is 5. The maximum atomic E-state index is 13.0. The van der Waals surface area contributed by atoms with Gasteiger partial charge in [-0.3, -0.25) is 14.9 Å². The zero-order chi connectivity index (χ0) is 20.5. The highest BCUT2D eigenvalue weighted by atomic mass is 79.9. The predicted octanol–water partition coefficient (Wildman–Crippen LogP) is 2.64. The van der Waals surface area contributed by atoms with Crippen LogP contribution < -0.4 is 0 Å². The summed E-state index contributed by atoms with van der Waals surface area (Å²) in [5, 5.41) is 11.0. The topological polar surface area (TPSA) is 101 Å². The molecule has 148 valence electrons. The Morgan fingerprint density at radius 2 is 1.68 bits per heavy atom. The third-order valence-electron chi connectivity index (χ3n) is 4.37. The lowest BCUT2D eigenvalue weighted by Crippen LogP contribution is -2.50. The zero-order valence-corrected chi connectivity index (χ0v) is 16.8. The number of nitro benzene ring substituents is 1. The van der Waals surface area contributed by atoms with E-state index < -0.39 is 26.7 Å². The van der Waals surface area contributed by atoms with Gasteiger partial charge in [0.05, 0.1) is 14.3 Å². The molecular formula is C17H15BrFN3O5S. The highest BCUT2D eigenvalue weighted by Gasteiger charge is 2.31. The van der Waals surface area contributed by atoms with E-state index in [9.17, 15) is 27.7 Å². The number of rotatable bonds is 4. The molecule has 0 unspecified atom stereocenters. The summed E-state index contributed by atoms with van der Waals surface area (Å²) in [5.74, 6) is -0.938. The number of nitro groups is 1. The fourth-order valence-corrected chi connectivity index (χ4v) is 4.67. The van der Waals surface area contributed by atoms with Crippen LogP contribution in [-0.4, -0.2) is 54.6 Å². The minimum Gasteiger partial charge on any atom is -0.336 e. The van der Waals surface area contributed by atoms with Crippen LogP contribution in [0.2, 0.25) is 0 Å². The smallest absolute Gasteiger partial charge is 0.284 e. The molecule has 2 aromatic carbocycles. The third-order valence-corrected chi connectivity index (χ3v) is 6.95. The summed E-state index contributed by atoms with van der Waals surface area (Å²) in [6.07, 6.45) is 0. The van der Waals surface area contributed by atoms with Crippen molar-refractivity contribution in [1.82, 2.24) is 9.21 Å². The second kappa shape index (κ2) is 7.94. The summed E-state index contributed by atoms with van der Waals surface area (Å²) in [7, 11) is -3.78. The summed E-state index contributed by atoms with van der Waals surface area (Å²) in [6.45, 7) is 0.431. The quantitative estimate of drug-likeness (QED) is 0.503.